The Morgan fingerprint density at radius 2 is 1.64 bits per heavy atom. The number of benzene rings is 2. The van der Waals surface area contributed by atoms with E-state index in [0.29, 0.717) is 4.77 Å². The van der Waals surface area contributed by atoms with Crippen LogP contribution in [0.4, 0.5) is 0 Å². The van der Waals surface area contributed by atoms with Gasteiger partial charge in [-0.2, -0.15) is 0 Å². The first-order chi connectivity index (χ1) is 12.0. The van der Waals surface area contributed by atoms with Crippen molar-refractivity contribution in [3.8, 4) is 22.4 Å². The summed E-state index contributed by atoms with van der Waals surface area (Å²) in [6, 6.07) is 14.9. The van der Waals surface area contributed by atoms with Crippen LogP contribution in [0, 0.1) is 25.5 Å². The maximum absolute atomic E-state index is 5.43. The first-order valence-electron chi connectivity index (χ1n) is 8.28. The average Bonchev–Trinajstić information content (AvgIpc) is 3.05. The lowest BCUT2D eigenvalue weighted by Gasteiger charge is -2.07. The minimum atomic E-state index is 0.553. The molecule has 0 aliphatic rings. The average molecular weight is 345 g/mol. The molecule has 4 heteroatoms. The van der Waals surface area contributed by atoms with Gasteiger partial charge in [0, 0.05) is 18.0 Å². The number of nitrogens with zero attached hydrogens (tertiary/aromatic N) is 2. The lowest BCUT2D eigenvalue weighted by Crippen LogP contribution is -1.93. The molecule has 0 aliphatic heterocycles. The quantitative estimate of drug-likeness (QED) is 0.476. The molecule has 2 aromatic carbocycles. The van der Waals surface area contributed by atoms with Crippen LogP contribution in [0.5, 0.6) is 0 Å². The summed E-state index contributed by atoms with van der Waals surface area (Å²) < 4.78 is 2.51. The largest absolute Gasteiger partial charge is 0.339 e. The van der Waals surface area contributed by atoms with E-state index in [1.807, 2.05) is 16.8 Å². The highest BCUT2D eigenvalue weighted by molar-refractivity contribution is 7.71. The molecule has 25 heavy (non-hydrogen) atoms. The van der Waals surface area contributed by atoms with Gasteiger partial charge in [-0.15, -0.1) is 0 Å². The Hall–Kier alpha value is -2.72. The molecule has 0 amide bonds. The van der Waals surface area contributed by atoms with Gasteiger partial charge in [0.15, 0.2) is 0 Å². The van der Waals surface area contributed by atoms with Crippen molar-refractivity contribution in [3.05, 3.63) is 76.3 Å². The molecule has 0 bridgehead atoms. The summed E-state index contributed by atoms with van der Waals surface area (Å²) >= 11 is 5.43. The van der Waals surface area contributed by atoms with E-state index in [4.69, 9.17) is 12.2 Å². The van der Waals surface area contributed by atoms with Crippen molar-refractivity contribution in [1.29, 1.82) is 0 Å². The van der Waals surface area contributed by atoms with Crippen molar-refractivity contribution in [2.75, 3.05) is 0 Å². The van der Waals surface area contributed by atoms with Crippen LogP contribution in [-0.2, 0) is 0 Å². The van der Waals surface area contributed by atoms with E-state index in [0.717, 1.165) is 28.0 Å². The molecule has 0 saturated carbocycles. The van der Waals surface area contributed by atoms with E-state index in [9.17, 15) is 0 Å². The fraction of sp³-hybridized carbons (Fsp3) is 0.143. The topological polar surface area (TPSA) is 33.1 Å². The maximum atomic E-state index is 5.43. The fourth-order valence-electron chi connectivity index (χ4n) is 3.00. The van der Waals surface area contributed by atoms with Crippen LogP contribution in [0.15, 0.2) is 54.9 Å². The van der Waals surface area contributed by atoms with E-state index in [1.165, 1.54) is 16.7 Å². The number of hydrogen-bond acceptors (Lipinski definition) is 2. The molecule has 0 atom stereocenters. The predicted molar refractivity (Wildman–Crippen MR) is 105 cm³/mol. The number of nitrogens with one attached hydrogen (secondary N) is 1. The van der Waals surface area contributed by atoms with Crippen LogP contribution >= 0.6 is 12.2 Å². The Balaban J connectivity index is 1.94. The van der Waals surface area contributed by atoms with E-state index >= 15 is 0 Å². The summed E-state index contributed by atoms with van der Waals surface area (Å²) in [6.45, 7) is 6.34. The van der Waals surface area contributed by atoms with Crippen LogP contribution in [0.3, 0.4) is 0 Å². The number of rotatable bonds is 2. The molecule has 0 radical (unpaired) electrons. The van der Waals surface area contributed by atoms with Gasteiger partial charge in [-0.1, -0.05) is 48.0 Å². The third-order valence-corrected chi connectivity index (χ3v) is 5.00. The van der Waals surface area contributed by atoms with Crippen LogP contribution in [0.25, 0.3) is 28.0 Å². The molecule has 2 aromatic heterocycles. The number of aromatic nitrogens is 3. The molecule has 0 saturated heterocycles. The third kappa shape index (κ3) is 2.79. The zero-order chi connectivity index (χ0) is 17.6. The third-order valence-electron chi connectivity index (χ3n) is 4.70. The van der Waals surface area contributed by atoms with Gasteiger partial charge in [-0.05, 0) is 55.2 Å². The van der Waals surface area contributed by atoms with E-state index in [-0.39, 0.29) is 0 Å². The van der Waals surface area contributed by atoms with Crippen LogP contribution in [0.1, 0.15) is 16.7 Å². The molecular weight excluding hydrogens is 326 g/mol. The van der Waals surface area contributed by atoms with Crippen molar-refractivity contribution >= 4 is 17.9 Å². The second-order valence-electron chi connectivity index (χ2n) is 6.51. The Morgan fingerprint density at radius 3 is 2.36 bits per heavy atom. The summed E-state index contributed by atoms with van der Waals surface area (Å²) in [7, 11) is 0. The molecule has 0 fully saturated rings. The molecule has 1 N–H and O–H groups in total. The summed E-state index contributed by atoms with van der Waals surface area (Å²) in [4.78, 5) is 7.94. The van der Waals surface area contributed by atoms with Crippen molar-refractivity contribution < 1.29 is 0 Å². The second-order valence-corrected chi connectivity index (χ2v) is 6.87. The number of imidazole rings is 1. The van der Waals surface area contributed by atoms with E-state index < -0.39 is 0 Å². The fourth-order valence-corrected chi connectivity index (χ4v) is 3.20. The minimum Gasteiger partial charge on any atom is -0.339 e. The number of aromatic amines is 1. The van der Waals surface area contributed by atoms with E-state index in [2.05, 4.69) is 73.2 Å². The second kappa shape index (κ2) is 5.97. The van der Waals surface area contributed by atoms with Gasteiger partial charge >= 0.3 is 0 Å². The zero-order valence-corrected chi connectivity index (χ0v) is 15.3. The molecule has 0 unspecified atom stereocenters. The van der Waals surface area contributed by atoms with Gasteiger partial charge in [0.2, 0.25) is 4.77 Å². The monoisotopic (exact) mass is 345 g/mol. The van der Waals surface area contributed by atoms with Crippen molar-refractivity contribution in [3.63, 3.8) is 0 Å². The Kier molecular flexibility index (Phi) is 3.77. The lowest BCUT2D eigenvalue weighted by atomic mass is 10.0. The molecule has 124 valence electrons. The SMILES string of the molecule is Cc1ccc(-c2cn3c(=S)ncc(-c4ccc(C)c(C)c4)c3[nH]2)cc1. The number of fused-ring (bicyclic) bond motifs is 1. The smallest absolute Gasteiger partial charge is 0.205 e. The lowest BCUT2D eigenvalue weighted by molar-refractivity contribution is 1.06. The number of hydrogen-bond donors (Lipinski definition) is 1. The van der Waals surface area contributed by atoms with Crippen molar-refractivity contribution in [2.45, 2.75) is 20.8 Å². The molecule has 4 aromatic rings. The molecule has 3 nitrogen and oxygen atoms in total. The molecule has 0 spiro atoms. The van der Waals surface area contributed by atoms with Gasteiger partial charge in [0.05, 0.1) is 5.69 Å². The van der Waals surface area contributed by atoms with Crippen LogP contribution in [0.2, 0.25) is 0 Å². The highest BCUT2D eigenvalue weighted by Gasteiger charge is 2.11. The number of aryl methyl sites for hydroxylation is 3. The van der Waals surface area contributed by atoms with Gasteiger partial charge in [-0.3, -0.25) is 4.40 Å². The van der Waals surface area contributed by atoms with Gasteiger partial charge in [-0.25, -0.2) is 4.98 Å². The minimum absolute atomic E-state index is 0.553. The predicted octanol–water partition coefficient (Wildman–Crippen LogP) is 5.65. The van der Waals surface area contributed by atoms with Crippen molar-refractivity contribution in [1.82, 2.24) is 14.4 Å². The Bertz CT molecular complexity index is 1130. The van der Waals surface area contributed by atoms with Gasteiger partial charge in [0.25, 0.3) is 0 Å². The summed E-state index contributed by atoms with van der Waals surface area (Å²) in [5.74, 6) is 0. The molecule has 0 aliphatic carbocycles. The van der Waals surface area contributed by atoms with Crippen LogP contribution in [-0.4, -0.2) is 14.4 Å². The normalized spacial score (nSPS) is 11.2. The molecule has 4 rings (SSSR count). The molecule has 2 heterocycles. The Morgan fingerprint density at radius 1 is 0.920 bits per heavy atom. The summed E-state index contributed by atoms with van der Waals surface area (Å²) in [6.07, 6.45) is 3.89. The summed E-state index contributed by atoms with van der Waals surface area (Å²) in [5.41, 5.74) is 9.12. The maximum Gasteiger partial charge on any atom is 0.205 e. The first kappa shape index (κ1) is 15.8. The van der Waals surface area contributed by atoms with E-state index in [1.54, 1.807) is 0 Å². The van der Waals surface area contributed by atoms with Gasteiger partial charge < -0.3 is 4.98 Å². The molecular formula is C21H19N3S. The van der Waals surface area contributed by atoms with Gasteiger partial charge in [0.1, 0.15) is 5.65 Å². The first-order valence-corrected chi connectivity index (χ1v) is 8.69. The standard InChI is InChI=1S/C21H19N3S/c1-13-4-7-16(8-5-13)19-12-24-20(23-19)18(11-22-21(24)25)17-9-6-14(2)15(3)10-17/h4-12,23H,1-3H3. The Labute approximate surface area is 152 Å². The highest BCUT2D eigenvalue weighted by atomic mass is 32.1. The van der Waals surface area contributed by atoms with Crippen LogP contribution < -0.4 is 0 Å². The highest BCUT2D eigenvalue weighted by Crippen LogP contribution is 2.28. The van der Waals surface area contributed by atoms with Crippen molar-refractivity contribution in [2.24, 2.45) is 0 Å². The number of H-pyrrole nitrogens is 1. The summed E-state index contributed by atoms with van der Waals surface area (Å²) in [5, 5.41) is 0. The zero-order valence-electron chi connectivity index (χ0n) is 14.5.